The number of amides is 1. The summed E-state index contributed by atoms with van der Waals surface area (Å²) >= 11 is 1.42. The Balaban J connectivity index is 2.18. The van der Waals surface area contributed by atoms with Crippen LogP contribution < -0.4 is 5.32 Å². The van der Waals surface area contributed by atoms with Gasteiger partial charge < -0.3 is 5.32 Å². The molecule has 1 heterocycles. The Morgan fingerprint density at radius 3 is 2.70 bits per heavy atom. The van der Waals surface area contributed by atoms with Crippen LogP contribution in [0.25, 0.3) is 11.0 Å². The number of nitrogens with one attached hydrogen (secondary N) is 1. The van der Waals surface area contributed by atoms with Crippen molar-refractivity contribution in [2.45, 2.75) is 24.1 Å². The molecule has 1 aromatic carbocycles. The zero-order chi connectivity index (χ0) is 14.5. The normalized spacial score (nSPS) is 12.1. The van der Waals surface area contributed by atoms with Crippen molar-refractivity contribution < 1.29 is 4.79 Å². The van der Waals surface area contributed by atoms with Crippen molar-refractivity contribution in [3.63, 3.8) is 0 Å². The van der Waals surface area contributed by atoms with E-state index in [-0.39, 0.29) is 11.2 Å². The molecule has 1 atom stereocenters. The molecule has 0 bridgehead atoms. The van der Waals surface area contributed by atoms with Crippen LogP contribution in [0.5, 0.6) is 0 Å². The molecule has 0 fully saturated rings. The Bertz CT molecular complexity index is 642. The summed E-state index contributed by atoms with van der Waals surface area (Å²) in [7, 11) is 0. The highest BCUT2D eigenvalue weighted by Gasteiger charge is 2.16. The molecule has 0 aliphatic rings. The molecule has 104 valence electrons. The van der Waals surface area contributed by atoms with Gasteiger partial charge in [0.15, 0.2) is 0 Å². The monoisotopic (exact) mass is 287 g/mol. The van der Waals surface area contributed by atoms with Crippen LogP contribution in [-0.2, 0) is 4.79 Å². The Labute approximate surface area is 122 Å². The van der Waals surface area contributed by atoms with Gasteiger partial charge in [-0.2, -0.15) is 0 Å². The van der Waals surface area contributed by atoms with Gasteiger partial charge in [0.05, 0.1) is 22.0 Å². The lowest BCUT2D eigenvalue weighted by molar-refractivity contribution is -0.120. The van der Waals surface area contributed by atoms with Gasteiger partial charge in [0, 0.05) is 6.54 Å². The first-order valence-electron chi connectivity index (χ1n) is 6.40. The zero-order valence-corrected chi connectivity index (χ0v) is 12.4. The fourth-order valence-corrected chi connectivity index (χ4v) is 2.61. The van der Waals surface area contributed by atoms with E-state index in [1.54, 1.807) is 6.08 Å². The van der Waals surface area contributed by atoms with Crippen molar-refractivity contribution in [2.75, 3.05) is 6.54 Å². The number of hydrogen-bond donors (Lipinski definition) is 1. The van der Waals surface area contributed by atoms with Crippen molar-refractivity contribution in [1.82, 2.24) is 15.3 Å². The van der Waals surface area contributed by atoms with Crippen molar-refractivity contribution in [1.29, 1.82) is 0 Å². The summed E-state index contributed by atoms with van der Waals surface area (Å²) in [4.78, 5) is 20.9. The van der Waals surface area contributed by atoms with E-state index < -0.39 is 0 Å². The smallest absolute Gasteiger partial charge is 0.233 e. The summed E-state index contributed by atoms with van der Waals surface area (Å²) in [6, 6.07) is 7.73. The number of benzene rings is 1. The number of thioether (sulfide) groups is 1. The van der Waals surface area contributed by atoms with Crippen molar-refractivity contribution in [3.05, 3.63) is 42.6 Å². The predicted molar refractivity (Wildman–Crippen MR) is 82.8 cm³/mol. The average molecular weight is 287 g/mol. The third kappa shape index (κ3) is 3.36. The minimum absolute atomic E-state index is 0.0238. The van der Waals surface area contributed by atoms with E-state index in [0.717, 1.165) is 21.8 Å². The summed E-state index contributed by atoms with van der Waals surface area (Å²) in [5, 5.41) is 3.36. The van der Waals surface area contributed by atoms with Gasteiger partial charge in [-0.25, -0.2) is 9.97 Å². The molecular weight excluding hydrogens is 270 g/mol. The van der Waals surface area contributed by atoms with Gasteiger partial charge in [-0.05, 0) is 26.0 Å². The van der Waals surface area contributed by atoms with Crippen LogP contribution in [0.4, 0.5) is 0 Å². The van der Waals surface area contributed by atoms with Crippen molar-refractivity contribution in [2.24, 2.45) is 0 Å². The number of para-hydroxylation sites is 2. The Morgan fingerprint density at radius 2 is 2.05 bits per heavy atom. The molecular formula is C15H17N3OS. The fraction of sp³-hybridized carbons (Fsp3) is 0.267. The lowest BCUT2D eigenvalue weighted by Crippen LogP contribution is -2.31. The van der Waals surface area contributed by atoms with Crippen molar-refractivity contribution in [3.8, 4) is 0 Å². The molecule has 1 unspecified atom stereocenters. The van der Waals surface area contributed by atoms with Crippen LogP contribution in [0.3, 0.4) is 0 Å². The second-order valence-electron chi connectivity index (χ2n) is 4.40. The number of aryl methyl sites for hydroxylation is 1. The summed E-state index contributed by atoms with van der Waals surface area (Å²) in [5.74, 6) is -0.0238. The Morgan fingerprint density at radius 1 is 1.40 bits per heavy atom. The number of hydrogen-bond acceptors (Lipinski definition) is 4. The summed E-state index contributed by atoms with van der Waals surface area (Å²) < 4.78 is 0. The van der Waals surface area contributed by atoms with E-state index in [0.29, 0.717) is 6.54 Å². The number of aromatic nitrogens is 2. The predicted octanol–water partition coefficient (Wildman–Crippen LogP) is 2.72. The quantitative estimate of drug-likeness (QED) is 0.678. The van der Waals surface area contributed by atoms with Gasteiger partial charge in [0.1, 0.15) is 5.03 Å². The van der Waals surface area contributed by atoms with Crippen LogP contribution in [0, 0.1) is 6.92 Å². The summed E-state index contributed by atoms with van der Waals surface area (Å²) in [5.41, 5.74) is 2.56. The van der Waals surface area contributed by atoms with E-state index in [9.17, 15) is 4.79 Å². The maximum Gasteiger partial charge on any atom is 0.233 e. The first-order chi connectivity index (χ1) is 9.61. The highest BCUT2D eigenvalue weighted by molar-refractivity contribution is 8.00. The van der Waals surface area contributed by atoms with Gasteiger partial charge in [0.25, 0.3) is 0 Å². The molecule has 0 saturated carbocycles. The lowest BCUT2D eigenvalue weighted by Gasteiger charge is -2.12. The molecule has 0 spiro atoms. The molecule has 2 rings (SSSR count). The highest BCUT2D eigenvalue weighted by Crippen LogP contribution is 2.25. The number of carbonyl (C=O) groups excluding carboxylic acids is 1. The molecule has 20 heavy (non-hydrogen) atoms. The summed E-state index contributed by atoms with van der Waals surface area (Å²) in [6.45, 7) is 7.83. The maximum atomic E-state index is 11.9. The van der Waals surface area contributed by atoms with Crippen LogP contribution in [-0.4, -0.2) is 27.7 Å². The molecule has 5 heteroatoms. The number of rotatable bonds is 5. The Hall–Kier alpha value is -1.88. The third-order valence-electron chi connectivity index (χ3n) is 2.78. The van der Waals surface area contributed by atoms with E-state index >= 15 is 0 Å². The molecule has 1 amide bonds. The van der Waals surface area contributed by atoms with Crippen LogP contribution in [0.15, 0.2) is 41.9 Å². The summed E-state index contributed by atoms with van der Waals surface area (Å²) in [6.07, 6.45) is 1.66. The van der Waals surface area contributed by atoms with Gasteiger partial charge in [-0.15, -0.1) is 6.58 Å². The SMILES string of the molecule is C=CCNC(=O)C(C)Sc1nc2ccccc2nc1C. The van der Waals surface area contributed by atoms with Crippen LogP contribution in [0.2, 0.25) is 0 Å². The third-order valence-corrected chi connectivity index (χ3v) is 3.96. The van der Waals surface area contributed by atoms with E-state index in [2.05, 4.69) is 21.9 Å². The first kappa shape index (κ1) is 14.5. The molecule has 4 nitrogen and oxygen atoms in total. The molecule has 1 N–H and O–H groups in total. The molecule has 1 aromatic heterocycles. The first-order valence-corrected chi connectivity index (χ1v) is 7.28. The minimum atomic E-state index is -0.218. The molecule has 0 aliphatic carbocycles. The average Bonchev–Trinajstić information content (AvgIpc) is 2.45. The number of carbonyl (C=O) groups is 1. The van der Waals surface area contributed by atoms with E-state index in [1.165, 1.54) is 11.8 Å². The van der Waals surface area contributed by atoms with Gasteiger partial charge in [-0.1, -0.05) is 30.0 Å². The number of fused-ring (bicyclic) bond motifs is 1. The van der Waals surface area contributed by atoms with Gasteiger partial charge in [0.2, 0.25) is 5.91 Å². The number of nitrogens with zero attached hydrogens (tertiary/aromatic N) is 2. The largest absolute Gasteiger partial charge is 0.352 e. The topological polar surface area (TPSA) is 54.9 Å². The molecule has 0 saturated heterocycles. The minimum Gasteiger partial charge on any atom is -0.352 e. The van der Waals surface area contributed by atoms with Crippen molar-refractivity contribution >= 4 is 28.7 Å². The molecule has 0 aliphatic heterocycles. The highest BCUT2D eigenvalue weighted by atomic mass is 32.2. The standard InChI is InChI=1S/C15H17N3OS/c1-4-9-16-14(19)11(3)20-15-10(2)17-12-7-5-6-8-13(12)18-15/h4-8,11H,1,9H2,2-3H3,(H,16,19). The zero-order valence-electron chi connectivity index (χ0n) is 11.6. The van der Waals surface area contributed by atoms with Crippen LogP contribution in [0.1, 0.15) is 12.6 Å². The molecule has 2 aromatic rings. The second-order valence-corrected chi connectivity index (χ2v) is 5.73. The van der Waals surface area contributed by atoms with E-state index in [4.69, 9.17) is 0 Å². The Kier molecular flexibility index (Phi) is 4.74. The van der Waals surface area contributed by atoms with E-state index in [1.807, 2.05) is 38.1 Å². The van der Waals surface area contributed by atoms with Gasteiger partial charge in [-0.3, -0.25) is 4.79 Å². The lowest BCUT2D eigenvalue weighted by atomic mass is 10.3. The second kappa shape index (κ2) is 6.52. The fourth-order valence-electron chi connectivity index (χ4n) is 1.72. The maximum absolute atomic E-state index is 11.9. The van der Waals surface area contributed by atoms with Gasteiger partial charge >= 0.3 is 0 Å². The molecule has 0 radical (unpaired) electrons. The van der Waals surface area contributed by atoms with Crippen LogP contribution >= 0.6 is 11.8 Å².